The molecule has 0 aliphatic rings. The molecule has 1 unspecified atom stereocenters. The maximum atomic E-state index is 5.71. The van der Waals surface area contributed by atoms with Gasteiger partial charge in [0.25, 0.3) is 0 Å². The van der Waals surface area contributed by atoms with Gasteiger partial charge in [0, 0.05) is 24.8 Å². The summed E-state index contributed by atoms with van der Waals surface area (Å²) in [7, 11) is 0. The van der Waals surface area contributed by atoms with Gasteiger partial charge in [-0.2, -0.15) is 0 Å². The Morgan fingerprint density at radius 3 is 2.78 bits per heavy atom. The molecule has 2 aromatic heterocycles. The summed E-state index contributed by atoms with van der Waals surface area (Å²) < 4.78 is 0. The van der Waals surface area contributed by atoms with E-state index in [-0.39, 0.29) is 6.04 Å². The van der Waals surface area contributed by atoms with Crippen LogP contribution in [0.2, 0.25) is 0 Å². The van der Waals surface area contributed by atoms with Crippen molar-refractivity contribution in [3.05, 3.63) is 59.2 Å². The predicted molar refractivity (Wildman–Crippen MR) is 71.8 cm³/mol. The molecule has 0 spiro atoms. The standard InChI is InChI=1S/C14H18N4/c1-3-11-8-16-5-4-13(11)14(18-15)12-6-10(2)7-17-9-12/h4-9,14,18H,3,15H2,1-2H3. The average molecular weight is 242 g/mol. The van der Waals surface area contributed by atoms with Gasteiger partial charge in [-0.15, -0.1) is 0 Å². The minimum Gasteiger partial charge on any atom is -0.271 e. The fourth-order valence-corrected chi connectivity index (χ4v) is 2.12. The molecule has 0 aliphatic heterocycles. The molecular weight excluding hydrogens is 224 g/mol. The zero-order valence-corrected chi connectivity index (χ0v) is 10.7. The quantitative estimate of drug-likeness (QED) is 0.635. The summed E-state index contributed by atoms with van der Waals surface area (Å²) in [5, 5.41) is 0. The highest BCUT2D eigenvalue weighted by Crippen LogP contribution is 2.24. The van der Waals surface area contributed by atoms with E-state index in [2.05, 4.69) is 28.4 Å². The van der Waals surface area contributed by atoms with E-state index in [9.17, 15) is 0 Å². The van der Waals surface area contributed by atoms with Crippen LogP contribution in [0.5, 0.6) is 0 Å². The number of aromatic nitrogens is 2. The number of hydrogen-bond donors (Lipinski definition) is 2. The maximum absolute atomic E-state index is 5.71. The van der Waals surface area contributed by atoms with Crippen LogP contribution in [0.3, 0.4) is 0 Å². The normalized spacial score (nSPS) is 12.4. The molecule has 0 radical (unpaired) electrons. The lowest BCUT2D eigenvalue weighted by molar-refractivity contribution is 0.627. The monoisotopic (exact) mass is 242 g/mol. The number of pyridine rings is 2. The number of nitrogens with two attached hydrogens (primary N) is 1. The first kappa shape index (κ1) is 12.7. The van der Waals surface area contributed by atoms with Crippen molar-refractivity contribution in [3.63, 3.8) is 0 Å². The summed E-state index contributed by atoms with van der Waals surface area (Å²) in [5.74, 6) is 5.71. The predicted octanol–water partition coefficient (Wildman–Crippen LogP) is 1.90. The van der Waals surface area contributed by atoms with Crippen molar-refractivity contribution in [2.75, 3.05) is 0 Å². The Morgan fingerprint density at radius 2 is 2.11 bits per heavy atom. The first-order valence-corrected chi connectivity index (χ1v) is 6.06. The van der Waals surface area contributed by atoms with Gasteiger partial charge in [-0.1, -0.05) is 13.0 Å². The smallest absolute Gasteiger partial charge is 0.0728 e. The largest absolute Gasteiger partial charge is 0.271 e. The van der Waals surface area contributed by atoms with Crippen LogP contribution in [-0.4, -0.2) is 9.97 Å². The fraction of sp³-hybridized carbons (Fsp3) is 0.286. The van der Waals surface area contributed by atoms with Crippen LogP contribution in [0, 0.1) is 6.92 Å². The molecule has 0 fully saturated rings. The highest BCUT2D eigenvalue weighted by molar-refractivity contribution is 5.35. The molecule has 18 heavy (non-hydrogen) atoms. The van der Waals surface area contributed by atoms with Gasteiger partial charge in [0.1, 0.15) is 0 Å². The van der Waals surface area contributed by atoms with Crippen LogP contribution in [0.1, 0.15) is 35.2 Å². The third-order valence-corrected chi connectivity index (χ3v) is 3.03. The van der Waals surface area contributed by atoms with Gasteiger partial charge in [-0.3, -0.25) is 15.8 Å². The number of hydrogen-bond acceptors (Lipinski definition) is 4. The maximum Gasteiger partial charge on any atom is 0.0728 e. The van der Waals surface area contributed by atoms with Crippen molar-refractivity contribution in [3.8, 4) is 0 Å². The minimum absolute atomic E-state index is 0.0460. The van der Waals surface area contributed by atoms with Crippen LogP contribution < -0.4 is 11.3 Å². The molecule has 0 saturated heterocycles. The van der Waals surface area contributed by atoms with Crippen molar-refractivity contribution in [2.45, 2.75) is 26.3 Å². The van der Waals surface area contributed by atoms with E-state index in [0.29, 0.717) is 0 Å². The highest BCUT2D eigenvalue weighted by atomic mass is 15.2. The highest BCUT2D eigenvalue weighted by Gasteiger charge is 2.15. The number of nitrogens with one attached hydrogen (secondary N) is 1. The molecule has 2 heterocycles. The fourth-order valence-electron chi connectivity index (χ4n) is 2.12. The first-order chi connectivity index (χ1) is 8.76. The molecule has 0 aliphatic carbocycles. The second-order valence-corrected chi connectivity index (χ2v) is 4.32. The van der Waals surface area contributed by atoms with E-state index in [1.54, 1.807) is 6.20 Å². The van der Waals surface area contributed by atoms with Crippen LogP contribution in [0.25, 0.3) is 0 Å². The first-order valence-electron chi connectivity index (χ1n) is 6.06. The summed E-state index contributed by atoms with van der Waals surface area (Å²) in [6.07, 6.45) is 8.30. The number of aryl methyl sites for hydroxylation is 2. The Kier molecular flexibility index (Phi) is 4.02. The van der Waals surface area contributed by atoms with Gasteiger partial charge in [0.2, 0.25) is 0 Å². The molecule has 0 bridgehead atoms. The van der Waals surface area contributed by atoms with Crippen molar-refractivity contribution < 1.29 is 0 Å². The van der Waals surface area contributed by atoms with Crippen LogP contribution >= 0.6 is 0 Å². The SMILES string of the molecule is CCc1cnccc1C(NN)c1cncc(C)c1. The summed E-state index contributed by atoms with van der Waals surface area (Å²) in [5.41, 5.74) is 7.41. The topological polar surface area (TPSA) is 63.8 Å². The van der Waals surface area contributed by atoms with Gasteiger partial charge < -0.3 is 0 Å². The summed E-state index contributed by atoms with van der Waals surface area (Å²) >= 11 is 0. The Morgan fingerprint density at radius 1 is 1.28 bits per heavy atom. The number of rotatable bonds is 4. The molecule has 2 rings (SSSR count). The molecule has 0 amide bonds. The van der Waals surface area contributed by atoms with Gasteiger partial charge >= 0.3 is 0 Å². The van der Waals surface area contributed by atoms with Gasteiger partial charge in [-0.05, 0) is 41.7 Å². The molecular formula is C14H18N4. The van der Waals surface area contributed by atoms with Crippen LogP contribution in [0.15, 0.2) is 36.9 Å². The second kappa shape index (κ2) is 5.71. The number of hydrazine groups is 1. The summed E-state index contributed by atoms with van der Waals surface area (Å²) in [6, 6.07) is 4.05. The van der Waals surface area contributed by atoms with E-state index < -0.39 is 0 Å². The molecule has 3 N–H and O–H groups in total. The molecule has 1 atom stereocenters. The molecule has 94 valence electrons. The van der Waals surface area contributed by atoms with E-state index in [1.807, 2.05) is 31.6 Å². The van der Waals surface area contributed by atoms with Crippen molar-refractivity contribution >= 4 is 0 Å². The summed E-state index contributed by atoms with van der Waals surface area (Å²) in [6.45, 7) is 4.14. The Hall–Kier alpha value is -1.78. The van der Waals surface area contributed by atoms with Crippen LogP contribution in [0.4, 0.5) is 0 Å². The zero-order valence-electron chi connectivity index (χ0n) is 10.7. The van der Waals surface area contributed by atoms with Crippen molar-refractivity contribution in [2.24, 2.45) is 5.84 Å². The van der Waals surface area contributed by atoms with Crippen LogP contribution in [-0.2, 0) is 6.42 Å². The Bertz CT molecular complexity index is 525. The number of nitrogens with zero attached hydrogens (tertiary/aromatic N) is 2. The lowest BCUT2D eigenvalue weighted by Gasteiger charge is -2.19. The second-order valence-electron chi connectivity index (χ2n) is 4.32. The van der Waals surface area contributed by atoms with E-state index >= 15 is 0 Å². The molecule has 4 heteroatoms. The Labute approximate surface area is 107 Å². The molecule has 4 nitrogen and oxygen atoms in total. The van der Waals surface area contributed by atoms with Gasteiger partial charge in [-0.25, -0.2) is 5.43 Å². The summed E-state index contributed by atoms with van der Waals surface area (Å²) in [4.78, 5) is 8.38. The third-order valence-electron chi connectivity index (χ3n) is 3.03. The van der Waals surface area contributed by atoms with E-state index in [4.69, 9.17) is 5.84 Å². The minimum atomic E-state index is -0.0460. The average Bonchev–Trinajstić information content (AvgIpc) is 2.40. The van der Waals surface area contributed by atoms with Gasteiger partial charge in [0.15, 0.2) is 0 Å². The van der Waals surface area contributed by atoms with Gasteiger partial charge in [0.05, 0.1) is 6.04 Å². The molecule has 0 saturated carbocycles. The zero-order chi connectivity index (χ0) is 13.0. The van der Waals surface area contributed by atoms with E-state index in [0.717, 1.165) is 23.1 Å². The van der Waals surface area contributed by atoms with E-state index in [1.165, 1.54) is 5.56 Å². The van der Waals surface area contributed by atoms with Crippen molar-refractivity contribution in [1.29, 1.82) is 0 Å². The third kappa shape index (κ3) is 2.55. The lowest BCUT2D eigenvalue weighted by Crippen LogP contribution is -2.29. The molecule has 0 aromatic carbocycles. The Balaban J connectivity index is 2.45. The lowest BCUT2D eigenvalue weighted by atomic mass is 9.96. The molecule has 2 aromatic rings. The van der Waals surface area contributed by atoms with Crippen molar-refractivity contribution in [1.82, 2.24) is 15.4 Å².